The second-order valence-electron chi connectivity index (χ2n) is 9.72. The maximum atomic E-state index is 13.5. The highest BCUT2D eigenvalue weighted by Gasteiger charge is 2.74. The summed E-state index contributed by atoms with van der Waals surface area (Å²) in [7, 11) is 0. The average Bonchev–Trinajstić information content (AvgIpc) is 3.28. The van der Waals surface area contributed by atoms with Crippen LogP contribution in [0.1, 0.15) is 66.2 Å². The molecule has 0 aromatic rings. The van der Waals surface area contributed by atoms with Crippen LogP contribution in [-0.4, -0.2) is 70.8 Å². The number of ether oxygens (including phenoxy) is 2. The fourth-order valence-corrected chi connectivity index (χ4v) is 5.39. The molecule has 3 heterocycles. The third-order valence-electron chi connectivity index (χ3n) is 6.41. The predicted octanol–water partition coefficient (Wildman–Crippen LogP) is 1.39. The molecule has 1 spiro atoms. The molecule has 0 radical (unpaired) electrons. The van der Waals surface area contributed by atoms with Crippen molar-refractivity contribution >= 4 is 17.8 Å². The minimum atomic E-state index is -0.959. The van der Waals surface area contributed by atoms with Gasteiger partial charge in [0.05, 0.1) is 24.5 Å². The molecular weight excluding hydrogens is 388 g/mol. The molecule has 2 amide bonds. The molecule has 30 heavy (non-hydrogen) atoms. The number of aliphatic hydroxyl groups is 1. The van der Waals surface area contributed by atoms with Crippen molar-refractivity contribution in [3.63, 3.8) is 0 Å². The van der Waals surface area contributed by atoms with Crippen molar-refractivity contribution in [1.82, 2.24) is 10.2 Å². The van der Waals surface area contributed by atoms with E-state index < -0.39 is 35.0 Å². The summed E-state index contributed by atoms with van der Waals surface area (Å²) in [5.74, 6) is -2.11. The summed E-state index contributed by atoms with van der Waals surface area (Å²) in [5.41, 5.74) is -1.40. The highest BCUT2D eigenvalue weighted by molar-refractivity contribution is 5.98. The number of nitrogens with one attached hydrogen (secondary N) is 1. The molecule has 0 unspecified atom stereocenters. The molecule has 2 bridgehead atoms. The van der Waals surface area contributed by atoms with Crippen molar-refractivity contribution < 1.29 is 29.0 Å². The van der Waals surface area contributed by atoms with E-state index in [-0.39, 0.29) is 31.1 Å². The van der Waals surface area contributed by atoms with Gasteiger partial charge in [-0.2, -0.15) is 0 Å². The zero-order valence-electron chi connectivity index (χ0n) is 18.6. The van der Waals surface area contributed by atoms with E-state index in [2.05, 4.69) is 5.32 Å². The highest BCUT2D eigenvalue weighted by Crippen LogP contribution is 2.58. The van der Waals surface area contributed by atoms with Crippen LogP contribution in [0, 0.1) is 11.8 Å². The third-order valence-corrected chi connectivity index (χ3v) is 6.41. The zero-order chi connectivity index (χ0) is 22.1. The highest BCUT2D eigenvalue weighted by atomic mass is 16.6. The number of esters is 1. The van der Waals surface area contributed by atoms with Gasteiger partial charge in [-0.05, 0) is 53.4 Å². The summed E-state index contributed by atoms with van der Waals surface area (Å²) in [6.07, 6.45) is 4.07. The molecule has 3 rings (SSSR count). The fourth-order valence-electron chi connectivity index (χ4n) is 5.39. The van der Waals surface area contributed by atoms with Crippen LogP contribution < -0.4 is 5.32 Å². The van der Waals surface area contributed by atoms with Gasteiger partial charge in [-0.15, -0.1) is 0 Å². The number of amides is 2. The molecule has 0 aromatic heterocycles. The Balaban J connectivity index is 1.87. The Kier molecular flexibility index (Phi) is 6.77. The van der Waals surface area contributed by atoms with Gasteiger partial charge < -0.3 is 24.8 Å². The first-order chi connectivity index (χ1) is 14.2. The van der Waals surface area contributed by atoms with Crippen molar-refractivity contribution in [1.29, 1.82) is 0 Å². The third kappa shape index (κ3) is 4.08. The quantitative estimate of drug-likeness (QED) is 0.428. The second kappa shape index (κ2) is 8.83. The van der Waals surface area contributed by atoms with Crippen LogP contribution in [0.5, 0.6) is 0 Å². The molecule has 8 heteroatoms. The van der Waals surface area contributed by atoms with Crippen molar-refractivity contribution in [3.8, 4) is 0 Å². The van der Waals surface area contributed by atoms with Gasteiger partial charge in [0.15, 0.2) is 0 Å². The molecule has 3 aliphatic heterocycles. The summed E-state index contributed by atoms with van der Waals surface area (Å²) >= 11 is 0. The Morgan fingerprint density at radius 3 is 2.60 bits per heavy atom. The molecular formula is C22H36N2O6. The van der Waals surface area contributed by atoms with Gasteiger partial charge in [0.25, 0.3) is 0 Å². The van der Waals surface area contributed by atoms with Gasteiger partial charge in [0.2, 0.25) is 11.8 Å². The number of carbonyl (C=O) groups excluding carboxylic acids is 3. The Morgan fingerprint density at radius 2 is 1.97 bits per heavy atom. The smallest absolute Gasteiger partial charge is 0.312 e. The lowest BCUT2D eigenvalue weighted by Crippen LogP contribution is -2.58. The van der Waals surface area contributed by atoms with Crippen LogP contribution in [-0.2, 0) is 23.9 Å². The minimum Gasteiger partial charge on any atom is -0.466 e. The van der Waals surface area contributed by atoms with E-state index in [9.17, 15) is 14.4 Å². The first kappa shape index (κ1) is 23.0. The van der Waals surface area contributed by atoms with Gasteiger partial charge >= 0.3 is 5.97 Å². The maximum absolute atomic E-state index is 13.5. The number of nitrogens with zero attached hydrogens (tertiary/aromatic N) is 1. The normalized spacial score (nSPS) is 32.4. The zero-order valence-corrected chi connectivity index (χ0v) is 18.6. The summed E-state index contributed by atoms with van der Waals surface area (Å²) in [5, 5.41) is 12.0. The molecule has 170 valence electrons. The van der Waals surface area contributed by atoms with Crippen LogP contribution in [0.3, 0.4) is 0 Å². The molecule has 5 atom stereocenters. The average molecular weight is 425 g/mol. The van der Waals surface area contributed by atoms with E-state index in [0.29, 0.717) is 19.4 Å². The Labute approximate surface area is 178 Å². The summed E-state index contributed by atoms with van der Waals surface area (Å²) in [4.78, 5) is 41.2. The Morgan fingerprint density at radius 1 is 1.27 bits per heavy atom. The summed E-state index contributed by atoms with van der Waals surface area (Å²) < 4.78 is 11.6. The molecule has 3 saturated heterocycles. The van der Waals surface area contributed by atoms with Gasteiger partial charge in [0, 0.05) is 18.7 Å². The van der Waals surface area contributed by atoms with E-state index >= 15 is 0 Å². The van der Waals surface area contributed by atoms with Gasteiger partial charge in [-0.3, -0.25) is 14.4 Å². The predicted molar refractivity (Wildman–Crippen MR) is 109 cm³/mol. The number of rotatable bonds is 9. The van der Waals surface area contributed by atoms with Crippen LogP contribution in [0.15, 0.2) is 0 Å². The first-order valence-corrected chi connectivity index (χ1v) is 11.2. The number of hydrogen-bond acceptors (Lipinski definition) is 6. The monoisotopic (exact) mass is 424 g/mol. The van der Waals surface area contributed by atoms with Gasteiger partial charge in [-0.1, -0.05) is 12.8 Å². The number of likely N-dealkylation sites (tertiary alicyclic amines) is 1. The van der Waals surface area contributed by atoms with Crippen LogP contribution >= 0.6 is 0 Å². The fraction of sp³-hybridized carbons (Fsp3) is 0.864. The number of unbranched alkanes of at least 4 members (excludes halogenated alkanes) is 3. The van der Waals surface area contributed by atoms with E-state index in [1.54, 1.807) is 11.8 Å². The lowest BCUT2D eigenvalue weighted by molar-refractivity contribution is -0.154. The lowest BCUT2D eigenvalue weighted by atomic mass is 9.70. The maximum Gasteiger partial charge on any atom is 0.312 e. The summed E-state index contributed by atoms with van der Waals surface area (Å²) in [6, 6.07) is -0.739. The minimum absolute atomic E-state index is 0.154. The molecule has 0 aliphatic carbocycles. The molecule has 0 aromatic carbocycles. The van der Waals surface area contributed by atoms with Crippen molar-refractivity contribution in [2.24, 2.45) is 11.8 Å². The Bertz CT molecular complexity index is 675. The van der Waals surface area contributed by atoms with Crippen LogP contribution in [0.4, 0.5) is 0 Å². The van der Waals surface area contributed by atoms with Crippen molar-refractivity contribution in [3.05, 3.63) is 0 Å². The lowest BCUT2D eigenvalue weighted by Gasteiger charge is -2.35. The molecule has 8 nitrogen and oxygen atoms in total. The topological polar surface area (TPSA) is 105 Å². The number of fused-ring (bicyclic) bond motifs is 1. The van der Waals surface area contributed by atoms with Crippen molar-refractivity contribution in [2.75, 3.05) is 19.8 Å². The summed E-state index contributed by atoms with van der Waals surface area (Å²) in [6.45, 7) is 8.31. The van der Waals surface area contributed by atoms with E-state index in [0.717, 1.165) is 25.7 Å². The molecule has 3 fully saturated rings. The molecule has 2 N–H and O–H groups in total. The second-order valence-corrected chi connectivity index (χ2v) is 9.72. The van der Waals surface area contributed by atoms with Crippen LogP contribution in [0.25, 0.3) is 0 Å². The molecule has 3 aliphatic rings. The van der Waals surface area contributed by atoms with Crippen LogP contribution in [0.2, 0.25) is 0 Å². The number of carbonyl (C=O) groups is 3. The molecule has 0 saturated carbocycles. The largest absolute Gasteiger partial charge is 0.466 e. The number of hydrogen-bond donors (Lipinski definition) is 2. The van der Waals surface area contributed by atoms with Gasteiger partial charge in [0.1, 0.15) is 11.6 Å². The standard InChI is InChI=1S/C22H36N2O6/c1-5-29-20(28)15-14-10-11-22(30-14)16(15)19(27)24(12-8-6-7-9-13-25)17(22)18(26)23-21(2,3)4/h14-17,25H,5-13H2,1-4H3,(H,23,26)/t14-,15+,16+,17-,22+/m0/s1. The van der Waals surface area contributed by atoms with E-state index in [4.69, 9.17) is 14.6 Å². The van der Waals surface area contributed by atoms with Gasteiger partial charge in [-0.25, -0.2) is 0 Å². The van der Waals surface area contributed by atoms with E-state index in [1.807, 2.05) is 20.8 Å². The SMILES string of the molecule is CCOC(=O)[C@@H]1[C@@H]2CC[C@]3(O2)[C@H](C(=O)NC(C)(C)C)N(CCCCCCO)C(=O)[C@@H]13. The number of aliphatic hydroxyl groups excluding tert-OH is 1. The Hall–Kier alpha value is -1.67. The van der Waals surface area contributed by atoms with E-state index in [1.165, 1.54) is 0 Å². The first-order valence-electron chi connectivity index (χ1n) is 11.2. The van der Waals surface area contributed by atoms with Crippen molar-refractivity contribution in [2.45, 2.75) is 89.5 Å².